The van der Waals surface area contributed by atoms with E-state index in [1.165, 1.54) is 37.5 Å². The standard InChI is InChI=1S/C17H12N2O5/c1-23-15-5-3-2-4-13(15)16-18-14(17(20)24-16)10-11-6-8-12(9-7-11)19(21)22/h2-10H,1H3. The second-order valence-corrected chi connectivity index (χ2v) is 4.88. The van der Waals surface area contributed by atoms with Crippen LogP contribution in [0.25, 0.3) is 6.08 Å². The molecule has 0 aromatic heterocycles. The fraction of sp³-hybridized carbons (Fsp3) is 0.0588. The molecule has 120 valence electrons. The molecule has 0 saturated carbocycles. The number of hydrogen-bond donors (Lipinski definition) is 0. The highest BCUT2D eigenvalue weighted by Gasteiger charge is 2.26. The van der Waals surface area contributed by atoms with Crippen LogP contribution in [0.5, 0.6) is 5.75 Å². The van der Waals surface area contributed by atoms with E-state index in [2.05, 4.69) is 4.99 Å². The van der Waals surface area contributed by atoms with Gasteiger partial charge < -0.3 is 9.47 Å². The maximum absolute atomic E-state index is 12.0. The van der Waals surface area contributed by atoms with Crippen LogP contribution in [-0.4, -0.2) is 23.9 Å². The van der Waals surface area contributed by atoms with Gasteiger partial charge in [0.25, 0.3) is 5.69 Å². The molecule has 3 rings (SSSR count). The van der Waals surface area contributed by atoms with Crippen LogP contribution in [0.2, 0.25) is 0 Å². The van der Waals surface area contributed by atoms with E-state index in [9.17, 15) is 14.9 Å². The summed E-state index contributed by atoms with van der Waals surface area (Å²) in [5, 5.41) is 10.7. The number of ether oxygens (including phenoxy) is 2. The molecule has 2 aromatic rings. The number of aliphatic imine (C=N–C) groups is 1. The molecule has 1 aliphatic rings. The zero-order valence-corrected chi connectivity index (χ0v) is 12.6. The third kappa shape index (κ3) is 3.00. The molecule has 7 nitrogen and oxygen atoms in total. The third-order valence-corrected chi connectivity index (χ3v) is 3.37. The van der Waals surface area contributed by atoms with Crippen LogP contribution in [0.3, 0.4) is 0 Å². The van der Waals surface area contributed by atoms with Crippen LogP contribution in [0, 0.1) is 10.1 Å². The Balaban J connectivity index is 1.92. The SMILES string of the molecule is COc1ccccc1C1=NC(=Cc2ccc([N+](=O)[O-])cc2)C(=O)O1. The first-order valence-electron chi connectivity index (χ1n) is 6.99. The van der Waals surface area contributed by atoms with Crippen LogP contribution in [0.1, 0.15) is 11.1 Å². The van der Waals surface area contributed by atoms with Gasteiger partial charge in [0.15, 0.2) is 5.70 Å². The number of methoxy groups -OCH3 is 1. The lowest BCUT2D eigenvalue weighted by atomic mass is 10.2. The van der Waals surface area contributed by atoms with Gasteiger partial charge in [-0.25, -0.2) is 9.79 Å². The second-order valence-electron chi connectivity index (χ2n) is 4.88. The number of nitro benzene ring substituents is 1. The zero-order valence-electron chi connectivity index (χ0n) is 12.6. The number of nitrogens with zero attached hydrogens (tertiary/aromatic N) is 2. The van der Waals surface area contributed by atoms with Crippen LogP contribution in [0.4, 0.5) is 5.69 Å². The number of esters is 1. The highest BCUT2D eigenvalue weighted by molar-refractivity contribution is 6.13. The van der Waals surface area contributed by atoms with E-state index in [0.29, 0.717) is 16.9 Å². The second kappa shape index (κ2) is 6.33. The molecule has 0 spiro atoms. The van der Waals surface area contributed by atoms with E-state index in [-0.39, 0.29) is 17.3 Å². The summed E-state index contributed by atoms with van der Waals surface area (Å²) in [5.41, 5.74) is 1.27. The number of benzene rings is 2. The van der Waals surface area contributed by atoms with Crippen molar-refractivity contribution in [2.45, 2.75) is 0 Å². The molecule has 0 radical (unpaired) electrons. The van der Waals surface area contributed by atoms with E-state index < -0.39 is 10.9 Å². The Morgan fingerprint density at radius 1 is 1.17 bits per heavy atom. The Hall–Kier alpha value is -3.48. The number of para-hydroxylation sites is 1. The van der Waals surface area contributed by atoms with Crippen molar-refractivity contribution in [2.75, 3.05) is 7.11 Å². The summed E-state index contributed by atoms with van der Waals surface area (Å²) in [6.45, 7) is 0. The summed E-state index contributed by atoms with van der Waals surface area (Å²) in [7, 11) is 1.52. The van der Waals surface area contributed by atoms with Gasteiger partial charge >= 0.3 is 5.97 Å². The molecule has 1 aliphatic heterocycles. The molecule has 0 N–H and O–H groups in total. The van der Waals surface area contributed by atoms with E-state index in [0.717, 1.165) is 0 Å². The van der Waals surface area contributed by atoms with Crippen molar-refractivity contribution in [3.05, 3.63) is 75.5 Å². The highest BCUT2D eigenvalue weighted by Crippen LogP contribution is 2.25. The van der Waals surface area contributed by atoms with Gasteiger partial charge in [-0.3, -0.25) is 10.1 Å². The first-order valence-corrected chi connectivity index (χ1v) is 6.99. The molecule has 0 aliphatic carbocycles. The Bertz CT molecular complexity index is 869. The number of nitro groups is 1. The number of cyclic esters (lactones) is 1. The largest absolute Gasteiger partial charge is 0.496 e. The molecule has 0 fully saturated rings. The lowest BCUT2D eigenvalue weighted by Gasteiger charge is -2.05. The van der Waals surface area contributed by atoms with Crippen molar-refractivity contribution < 1.29 is 19.2 Å². The van der Waals surface area contributed by atoms with Crippen LogP contribution in [-0.2, 0) is 9.53 Å². The normalized spacial score (nSPS) is 15.1. The van der Waals surface area contributed by atoms with Gasteiger partial charge in [0.05, 0.1) is 17.6 Å². The van der Waals surface area contributed by atoms with Gasteiger partial charge in [0, 0.05) is 12.1 Å². The molecule has 7 heteroatoms. The molecule has 2 aromatic carbocycles. The summed E-state index contributed by atoms with van der Waals surface area (Å²) in [4.78, 5) is 26.3. The Morgan fingerprint density at radius 2 is 1.88 bits per heavy atom. The number of carbonyl (C=O) groups excluding carboxylic acids is 1. The molecule has 0 bridgehead atoms. The van der Waals surface area contributed by atoms with Gasteiger partial charge in [-0.2, -0.15) is 0 Å². The maximum Gasteiger partial charge on any atom is 0.363 e. The Morgan fingerprint density at radius 3 is 2.54 bits per heavy atom. The van der Waals surface area contributed by atoms with Crippen molar-refractivity contribution in [2.24, 2.45) is 4.99 Å². The first kappa shape index (κ1) is 15.4. The lowest BCUT2D eigenvalue weighted by molar-refractivity contribution is -0.384. The summed E-state index contributed by atoms with van der Waals surface area (Å²) in [5.74, 6) is 0.112. The van der Waals surface area contributed by atoms with Gasteiger partial charge in [0.1, 0.15) is 5.75 Å². The van der Waals surface area contributed by atoms with Crippen molar-refractivity contribution in [3.8, 4) is 5.75 Å². The van der Waals surface area contributed by atoms with Crippen LogP contribution >= 0.6 is 0 Å². The van der Waals surface area contributed by atoms with Crippen molar-refractivity contribution in [3.63, 3.8) is 0 Å². The van der Waals surface area contributed by atoms with Crippen molar-refractivity contribution in [1.29, 1.82) is 0 Å². The lowest BCUT2D eigenvalue weighted by Crippen LogP contribution is -2.06. The van der Waals surface area contributed by atoms with Crippen LogP contribution in [0.15, 0.2) is 59.2 Å². The number of non-ortho nitro benzene ring substituents is 1. The van der Waals surface area contributed by atoms with Gasteiger partial charge in [0.2, 0.25) is 5.90 Å². The topological polar surface area (TPSA) is 91.0 Å². The number of hydrogen-bond acceptors (Lipinski definition) is 6. The summed E-state index contributed by atoms with van der Waals surface area (Å²) in [6.07, 6.45) is 1.51. The van der Waals surface area contributed by atoms with Crippen LogP contribution < -0.4 is 4.74 Å². The minimum absolute atomic E-state index is 0.0237. The quantitative estimate of drug-likeness (QED) is 0.373. The molecular formula is C17H12N2O5. The molecule has 1 heterocycles. The molecule has 0 amide bonds. The summed E-state index contributed by atoms with van der Waals surface area (Å²) >= 11 is 0. The smallest absolute Gasteiger partial charge is 0.363 e. The van der Waals surface area contributed by atoms with Gasteiger partial charge in [-0.1, -0.05) is 12.1 Å². The van der Waals surface area contributed by atoms with Gasteiger partial charge in [-0.15, -0.1) is 0 Å². The molecule has 0 saturated heterocycles. The molecular weight excluding hydrogens is 312 g/mol. The average molecular weight is 324 g/mol. The first-order chi connectivity index (χ1) is 11.6. The van der Waals surface area contributed by atoms with E-state index >= 15 is 0 Å². The predicted octanol–water partition coefficient (Wildman–Crippen LogP) is 2.95. The third-order valence-electron chi connectivity index (χ3n) is 3.37. The van der Waals surface area contributed by atoms with Crippen molar-refractivity contribution >= 4 is 23.6 Å². The predicted molar refractivity (Wildman–Crippen MR) is 86.7 cm³/mol. The number of rotatable bonds is 4. The van der Waals surface area contributed by atoms with E-state index in [1.807, 2.05) is 0 Å². The monoisotopic (exact) mass is 324 g/mol. The van der Waals surface area contributed by atoms with Gasteiger partial charge in [-0.05, 0) is 35.9 Å². The Kier molecular flexibility index (Phi) is 4.07. The fourth-order valence-electron chi connectivity index (χ4n) is 2.20. The molecule has 0 unspecified atom stereocenters. The molecule has 0 atom stereocenters. The summed E-state index contributed by atoms with van der Waals surface area (Å²) < 4.78 is 10.4. The Labute approximate surface area is 137 Å². The number of carbonyl (C=O) groups is 1. The van der Waals surface area contributed by atoms with E-state index in [1.54, 1.807) is 24.3 Å². The highest BCUT2D eigenvalue weighted by atomic mass is 16.6. The molecule has 24 heavy (non-hydrogen) atoms. The average Bonchev–Trinajstić information content (AvgIpc) is 2.96. The van der Waals surface area contributed by atoms with E-state index in [4.69, 9.17) is 9.47 Å². The minimum atomic E-state index is -0.589. The maximum atomic E-state index is 12.0. The summed E-state index contributed by atoms with van der Waals surface area (Å²) in [6, 6.07) is 12.8. The zero-order chi connectivity index (χ0) is 17.1. The minimum Gasteiger partial charge on any atom is -0.496 e. The van der Waals surface area contributed by atoms with Crippen molar-refractivity contribution in [1.82, 2.24) is 0 Å². The fourth-order valence-corrected chi connectivity index (χ4v) is 2.20.